The van der Waals surface area contributed by atoms with Gasteiger partial charge in [0.15, 0.2) is 0 Å². The van der Waals surface area contributed by atoms with Gasteiger partial charge in [0.2, 0.25) is 0 Å². The van der Waals surface area contributed by atoms with Crippen molar-refractivity contribution in [2.45, 2.75) is 18.9 Å². The summed E-state index contributed by atoms with van der Waals surface area (Å²) in [6.07, 6.45) is 1.24. The van der Waals surface area contributed by atoms with E-state index in [4.69, 9.17) is 5.73 Å². The summed E-state index contributed by atoms with van der Waals surface area (Å²) in [6.45, 7) is 0. The minimum Gasteiger partial charge on any atom is -0.327 e. The van der Waals surface area contributed by atoms with Crippen LogP contribution in [0.1, 0.15) is 11.3 Å². The van der Waals surface area contributed by atoms with Gasteiger partial charge in [-0.05, 0) is 18.1 Å². The zero-order chi connectivity index (χ0) is 11.4. The first kappa shape index (κ1) is 11.2. The van der Waals surface area contributed by atoms with E-state index in [-0.39, 0.29) is 11.9 Å². The largest absolute Gasteiger partial charge is 0.327 e. The first-order chi connectivity index (χ1) is 7.75. The van der Waals surface area contributed by atoms with Crippen LogP contribution in [0.5, 0.6) is 0 Å². The number of aromatic nitrogens is 1. The Morgan fingerprint density at radius 1 is 1.31 bits per heavy atom. The zero-order valence-corrected chi connectivity index (χ0v) is 9.58. The van der Waals surface area contributed by atoms with Crippen molar-refractivity contribution in [1.29, 1.82) is 0 Å². The number of hydrogen-bond acceptors (Lipinski definition) is 3. The Kier molecular flexibility index (Phi) is 3.64. The summed E-state index contributed by atoms with van der Waals surface area (Å²) in [5, 5.41) is 1.97. The molecule has 1 aromatic carbocycles. The molecule has 0 aliphatic heterocycles. The summed E-state index contributed by atoms with van der Waals surface area (Å²) >= 11 is 1.55. The number of nitrogens with zero attached hydrogens (tertiary/aromatic N) is 1. The summed E-state index contributed by atoms with van der Waals surface area (Å²) in [5.74, 6) is -0.184. The van der Waals surface area contributed by atoms with Gasteiger partial charge in [0, 0.05) is 17.8 Å². The SMILES string of the molecule is NC(Cc1cscn1)Cc1ccccc1F. The third kappa shape index (κ3) is 2.87. The van der Waals surface area contributed by atoms with Gasteiger partial charge < -0.3 is 5.73 Å². The summed E-state index contributed by atoms with van der Waals surface area (Å²) in [5.41, 5.74) is 9.40. The highest BCUT2D eigenvalue weighted by Crippen LogP contribution is 2.11. The molecule has 1 unspecified atom stereocenters. The van der Waals surface area contributed by atoms with Gasteiger partial charge in [-0.2, -0.15) is 0 Å². The quantitative estimate of drug-likeness (QED) is 0.885. The van der Waals surface area contributed by atoms with Gasteiger partial charge in [-0.25, -0.2) is 9.37 Å². The van der Waals surface area contributed by atoms with Crippen LogP contribution in [0.3, 0.4) is 0 Å². The smallest absolute Gasteiger partial charge is 0.126 e. The Morgan fingerprint density at radius 2 is 2.12 bits per heavy atom. The molecule has 0 spiro atoms. The molecule has 1 heterocycles. The van der Waals surface area contributed by atoms with Gasteiger partial charge in [0.05, 0.1) is 11.2 Å². The fourth-order valence-electron chi connectivity index (χ4n) is 1.63. The van der Waals surface area contributed by atoms with E-state index in [9.17, 15) is 4.39 Å². The lowest BCUT2D eigenvalue weighted by Crippen LogP contribution is -2.26. The zero-order valence-electron chi connectivity index (χ0n) is 8.77. The van der Waals surface area contributed by atoms with Crippen LogP contribution in [-0.2, 0) is 12.8 Å². The number of benzene rings is 1. The normalized spacial score (nSPS) is 12.6. The van der Waals surface area contributed by atoms with Crippen LogP contribution in [0.4, 0.5) is 4.39 Å². The van der Waals surface area contributed by atoms with Crippen molar-refractivity contribution in [3.63, 3.8) is 0 Å². The monoisotopic (exact) mass is 236 g/mol. The maximum Gasteiger partial charge on any atom is 0.126 e. The first-order valence-corrected chi connectivity index (χ1v) is 6.06. The van der Waals surface area contributed by atoms with Crippen molar-refractivity contribution >= 4 is 11.3 Å². The Hall–Kier alpha value is -1.26. The van der Waals surface area contributed by atoms with Gasteiger partial charge in [-0.1, -0.05) is 18.2 Å². The highest BCUT2D eigenvalue weighted by Gasteiger charge is 2.09. The molecule has 0 saturated carbocycles. The van der Waals surface area contributed by atoms with Crippen molar-refractivity contribution < 1.29 is 4.39 Å². The molecule has 0 saturated heterocycles. The van der Waals surface area contributed by atoms with Crippen LogP contribution >= 0.6 is 11.3 Å². The highest BCUT2D eigenvalue weighted by atomic mass is 32.1. The standard InChI is InChI=1S/C12H13FN2S/c13-12-4-2-1-3-9(12)5-10(14)6-11-7-16-8-15-11/h1-4,7-8,10H,5-6,14H2. The molecule has 4 heteroatoms. The topological polar surface area (TPSA) is 38.9 Å². The second kappa shape index (κ2) is 5.18. The van der Waals surface area contributed by atoms with Crippen molar-refractivity contribution in [1.82, 2.24) is 4.98 Å². The molecule has 0 bridgehead atoms. The second-order valence-corrected chi connectivity index (χ2v) is 4.46. The molecule has 16 heavy (non-hydrogen) atoms. The van der Waals surface area contributed by atoms with E-state index in [0.29, 0.717) is 18.4 Å². The molecule has 2 nitrogen and oxygen atoms in total. The van der Waals surface area contributed by atoms with Crippen LogP contribution in [0.2, 0.25) is 0 Å². The molecule has 1 aromatic heterocycles. The molecule has 84 valence electrons. The van der Waals surface area contributed by atoms with Crippen LogP contribution in [0, 0.1) is 5.82 Å². The maximum absolute atomic E-state index is 13.4. The molecule has 0 amide bonds. The van der Waals surface area contributed by atoms with E-state index in [1.54, 1.807) is 29.0 Å². The number of rotatable bonds is 4. The van der Waals surface area contributed by atoms with E-state index >= 15 is 0 Å². The fraction of sp³-hybridized carbons (Fsp3) is 0.250. The molecule has 2 aromatic rings. The third-order valence-corrected chi connectivity index (χ3v) is 3.03. The Balaban J connectivity index is 1.97. The predicted molar refractivity (Wildman–Crippen MR) is 63.9 cm³/mol. The number of thiazole rings is 1. The molecule has 0 fully saturated rings. The van der Waals surface area contributed by atoms with Crippen molar-refractivity contribution in [2.24, 2.45) is 5.73 Å². The van der Waals surface area contributed by atoms with E-state index in [1.165, 1.54) is 6.07 Å². The van der Waals surface area contributed by atoms with E-state index < -0.39 is 0 Å². The molecular formula is C12H13FN2S. The molecule has 0 aliphatic carbocycles. The third-order valence-electron chi connectivity index (χ3n) is 2.39. The number of nitrogens with two attached hydrogens (primary N) is 1. The summed E-state index contributed by atoms with van der Waals surface area (Å²) in [6, 6.07) is 6.67. The second-order valence-electron chi connectivity index (χ2n) is 3.74. The Morgan fingerprint density at radius 3 is 2.81 bits per heavy atom. The Labute approximate surface area is 97.9 Å². The van der Waals surface area contributed by atoms with E-state index in [2.05, 4.69) is 4.98 Å². The summed E-state index contributed by atoms with van der Waals surface area (Å²) in [4.78, 5) is 4.17. The minimum absolute atomic E-state index is 0.0843. The van der Waals surface area contributed by atoms with Crippen LogP contribution in [0.15, 0.2) is 35.2 Å². The van der Waals surface area contributed by atoms with Crippen molar-refractivity contribution in [2.75, 3.05) is 0 Å². The van der Waals surface area contributed by atoms with E-state index in [0.717, 1.165) is 5.69 Å². The molecule has 2 N–H and O–H groups in total. The van der Waals surface area contributed by atoms with Crippen LogP contribution in [0.25, 0.3) is 0 Å². The van der Waals surface area contributed by atoms with E-state index in [1.807, 2.05) is 11.4 Å². The maximum atomic E-state index is 13.4. The van der Waals surface area contributed by atoms with Crippen molar-refractivity contribution in [3.8, 4) is 0 Å². The first-order valence-electron chi connectivity index (χ1n) is 5.12. The Bertz CT molecular complexity index is 442. The lowest BCUT2D eigenvalue weighted by molar-refractivity contribution is 0.582. The number of hydrogen-bond donors (Lipinski definition) is 1. The summed E-state index contributed by atoms with van der Waals surface area (Å²) < 4.78 is 13.4. The fourth-order valence-corrected chi connectivity index (χ4v) is 2.20. The van der Waals surface area contributed by atoms with Crippen molar-refractivity contribution in [3.05, 3.63) is 52.2 Å². The molecule has 0 radical (unpaired) electrons. The average molecular weight is 236 g/mol. The lowest BCUT2D eigenvalue weighted by atomic mass is 10.0. The lowest BCUT2D eigenvalue weighted by Gasteiger charge is -2.10. The molecule has 2 rings (SSSR count). The van der Waals surface area contributed by atoms with Gasteiger partial charge in [0.1, 0.15) is 5.82 Å². The summed E-state index contributed by atoms with van der Waals surface area (Å²) in [7, 11) is 0. The van der Waals surface area contributed by atoms with Gasteiger partial charge in [-0.3, -0.25) is 0 Å². The minimum atomic E-state index is -0.184. The van der Waals surface area contributed by atoms with Gasteiger partial charge in [0.25, 0.3) is 0 Å². The van der Waals surface area contributed by atoms with Crippen LogP contribution in [-0.4, -0.2) is 11.0 Å². The predicted octanol–water partition coefficient (Wildman–Crippen LogP) is 2.39. The molecule has 0 aliphatic rings. The van der Waals surface area contributed by atoms with Crippen LogP contribution < -0.4 is 5.73 Å². The van der Waals surface area contributed by atoms with Gasteiger partial charge in [-0.15, -0.1) is 11.3 Å². The average Bonchev–Trinajstić information content (AvgIpc) is 2.74. The van der Waals surface area contributed by atoms with Gasteiger partial charge >= 0.3 is 0 Å². The molecule has 1 atom stereocenters. The highest BCUT2D eigenvalue weighted by molar-refractivity contribution is 7.07. The molecular weight excluding hydrogens is 223 g/mol. The number of halogens is 1.